The number of rotatable bonds is 4. The van der Waals surface area contributed by atoms with E-state index in [9.17, 15) is 15.0 Å². The SMILES string of the molecule is CN(C)[C@@H]1CN(c2noc(-c3ccccc3)c2C(=O)O)CC[C@@H]1O.O=CO. The van der Waals surface area contributed by atoms with Crippen molar-refractivity contribution in [2.45, 2.75) is 18.6 Å². The monoisotopic (exact) mass is 377 g/mol. The number of aliphatic hydroxyl groups excluding tert-OH is 1. The van der Waals surface area contributed by atoms with Gasteiger partial charge in [0, 0.05) is 18.7 Å². The Morgan fingerprint density at radius 3 is 2.52 bits per heavy atom. The van der Waals surface area contributed by atoms with Crippen LogP contribution in [0.4, 0.5) is 5.82 Å². The molecule has 1 aromatic carbocycles. The molecule has 0 saturated carbocycles. The van der Waals surface area contributed by atoms with Gasteiger partial charge in [-0.05, 0) is 20.5 Å². The van der Waals surface area contributed by atoms with Crippen molar-refractivity contribution < 1.29 is 29.4 Å². The minimum absolute atomic E-state index is 0.0649. The van der Waals surface area contributed by atoms with Crippen molar-refractivity contribution in [1.82, 2.24) is 10.1 Å². The molecule has 9 heteroatoms. The summed E-state index contributed by atoms with van der Waals surface area (Å²) < 4.78 is 5.37. The van der Waals surface area contributed by atoms with E-state index in [4.69, 9.17) is 14.4 Å². The van der Waals surface area contributed by atoms with Gasteiger partial charge in [0.1, 0.15) is 0 Å². The van der Waals surface area contributed by atoms with E-state index in [1.54, 1.807) is 12.1 Å². The summed E-state index contributed by atoms with van der Waals surface area (Å²) in [5.74, 6) is -0.497. The Balaban J connectivity index is 0.000000817. The van der Waals surface area contributed by atoms with Crippen molar-refractivity contribution in [3.8, 4) is 11.3 Å². The van der Waals surface area contributed by atoms with Crippen LogP contribution in [-0.4, -0.2) is 77.1 Å². The van der Waals surface area contributed by atoms with E-state index in [0.29, 0.717) is 30.9 Å². The van der Waals surface area contributed by atoms with Crippen LogP contribution in [0.15, 0.2) is 34.9 Å². The summed E-state index contributed by atoms with van der Waals surface area (Å²) in [5, 5.41) is 30.7. The number of anilines is 1. The minimum atomic E-state index is -1.07. The molecule has 0 radical (unpaired) electrons. The summed E-state index contributed by atoms with van der Waals surface area (Å²) in [7, 11) is 3.79. The Morgan fingerprint density at radius 2 is 1.96 bits per heavy atom. The van der Waals surface area contributed by atoms with Gasteiger partial charge in [0.2, 0.25) is 0 Å². The third-order valence-corrected chi connectivity index (χ3v) is 4.43. The number of aromatic carboxylic acids is 1. The number of carboxylic acids is 1. The van der Waals surface area contributed by atoms with Gasteiger partial charge in [0.05, 0.1) is 12.1 Å². The maximum Gasteiger partial charge on any atom is 0.343 e. The first-order valence-corrected chi connectivity index (χ1v) is 8.36. The Bertz CT molecular complexity index is 762. The lowest BCUT2D eigenvalue weighted by Crippen LogP contribution is -2.53. The average molecular weight is 377 g/mol. The standard InChI is InChI=1S/C17H21N3O4.CH2O2/c1-19(2)12-10-20(9-8-13(12)21)16-14(17(22)23)15(24-18-16)11-6-4-3-5-7-11;2-1-3/h3-7,12-13,21H,8-10H2,1-2H3,(H,22,23);1H,(H,2,3)/t12-,13+;/m1./s1. The molecule has 0 unspecified atom stereocenters. The van der Waals surface area contributed by atoms with Crippen molar-refractivity contribution in [1.29, 1.82) is 0 Å². The molecular formula is C18H23N3O6. The van der Waals surface area contributed by atoms with E-state index in [2.05, 4.69) is 5.16 Å². The highest BCUT2D eigenvalue weighted by molar-refractivity contribution is 5.99. The zero-order chi connectivity index (χ0) is 20.0. The Labute approximate surface area is 156 Å². The average Bonchev–Trinajstić information content (AvgIpc) is 3.08. The number of aliphatic hydroxyl groups is 1. The van der Waals surface area contributed by atoms with Crippen LogP contribution in [0, 0.1) is 0 Å². The van der Waals surface area contributed by atoms with E-state index in [0.717, 1.165) is 0 Å². The van der Waals surface area contributed by atoms with Crippen molar-refractivity contribution in [3.63, 3.8) is 0 Å². The van der Waals surface area contributed by atoms with Gasteiger partial charge in [-0.2, -0.15) is 0 Å². The number of nitrogens with zero attached hydrogens (tertiary/aromatic N) is 3. The Morgan fingerprint density at radius 1 is 1.33 bits per heavy atom. The normalized spacial score (nSPS) is 19.3. The fourth-order valence-electron chi connectivity index (χ4n) is 3.10. The highest BCUT2D eigenvalue weighted by atomic mass is 16.5. The molecule has 2 atom stereocenters. The number of piperidine rings is 1. The van der Waals surface area contributed by atoms with Gasteiger partial charge in [-0.1, -0.05) is 35.5 Å². The molecule has 0 aliphatic carbocycles. The van der Waals surface area contributed by atoms with Crippen LogP contribution in [-0.2, 0) is 4.79 Å². The zero-order valence-corrected chi connectivity index (χ0v) is 15.1. The van der Waals surface area contributed by atoms with Crippen LogP contribution >= 0.6 is 0 Å². The highest BCUT2D eigenvalue weighted by Gasteiger charge is 2.34. The Kier molecular flexibility index (Phi) is 6.91. The molecular weight excluding hydrogens is 354 g/mol. The van der Waals surface area contributed by atoms with Crippen LogP contribution in [0.2, 0.25) is 0 Å². The molecule has 1 aliphatic heterocycles. The topological polar surface area (TPSA) is 127 Å². The first-order chi connectivity index (χ1) is 12.9. The first-order valence-electron chi connectivity index (χ1n) is 8.36. The summed E-state index contributed by atoms with van der Waals surface area (Å²) >= 11 is 0. The molecule has 0 spiro atoms. The Hall–Kier alpha value is -2.91. The van der Waals surface area contributed by atoms with Crippen LogP contribution in [0.25, 0.3) is 11.3 Å². The minimum Gasteiger partial charge on any atom is -0.483 e. The molecule has 1 fully saturated rings. The number of carboxylic acid groups (broad SMARTS) is 2. The van der Waals surface area contributed by atoms with Crippen LogP contribution in [0.1, 0.15) is 16.8 Å². The predicted octanol–water partition coefficient (Wildman–Crippen LogP) is 1.24. The largest absolute Gasteiger partial charge is 0.483 e. The van der Waals surface area contributed by atoms with E-state index in [-0.39, 0.29) is 23.8 Å². The van der Waals surface area contributed by atoms with E-state index in [1.165, 1.54) is 0 Å². The summed E-state index contributed by atoms with van der Waals surface area (Å²) in [6.45, 7) is 0.780. The molecule has 146 valence electrons. The number of benzene rings is 1. The van der Waals surface area contributed by atoms with Crippen molar-refractivity contribution in [2.75, 3.05) is 32.1 Å². The van der Waals surface area contributed by atoms with Gasteiger partial charge in [-0.3, -0.25) is 4.79 Å². The van der Waals surface area contributed by atoms with Gasteiger partial charge in [-0.15, -0.1) is 0 Å². The van der Waals surface area contributed by atoms with Crippen molar-refractivity contribution in [3.05, 3.63) is 35.9 Å². The summed E-state index contributed by atoms with van der Waals surface area (Å²) in [4.78, 5) is 24.0. The molecule has 1 saturated heterocycles. The first kappa shape index (κ1) is 20.4. The molecule has 2 aromatic rings. The highest BCUT2D eigenvalue weighted by Crippen LogP contribution is 2.33. The van der Waals surface area contributed by atoms with E-state index >= 15 is 0 Å². The van der Waals surface area contributed by atoms with Crippen molar-refractivity contribution >= 4 is 18.3 Å². The molecule has 3 rings (SSSR count). The summed E-state index contributed by atoms with van der Waals surface area (Å²) in [6, 6.07) is 9.00. The fraction of sp³-hybridized carbons (Fsp3) is 0.389. The lowest BCUT2D eigenvalue weighted by molar-refractivity contribution is -0.122. The number of aromatic nitrogens is 1. The molecule has 9 nitrogen and oxygen atoms in total. The molecule has 0 bridgehead atoms. The van der Waals surface area contributed by atoms with Crippen LogP contribution < -0.4 is 4.90 Å². The maximum absolute atomic E-state index is 11.8. The molecule has 0 amide bonds. The third kappa shape index (κ3) is 4.63. The number of carbonyl (C=O) groups is 2. The molecule has 3 N–H and O–H groups in total. The van der Waals surface area contributed by atoms with Gasteiger partial charge in [-0.25, -0.2) is 4.79 Å². The second-order valence-corrected chi connectivity index (χ2v) is 6.32. The second-order valence-electron chi connectivity index (χ2n) is 6.32. The quantitative estimate of drug-likeness (QED) is 0.674. The van der Waals surface area contributed by atoms with Gasteiger partial charge >= 0.3 is 5.97 Å². The van der Waals surface area contributed by atoms with Crippen LogP contribution in [0.3, 0.4) is 0 Å². The zero-order valence-electron chi connectivity index (χ0n) is 15.1. The predicted molar refractivity (Wildman–Crippen MR) is 97.9 cm³/mol. The summed E-state index contributed by atoms with van der Waals surface area (Å²) in [5.41, 5.74) is 0.741. The second kappa shape index (κ2) is 9.15. The summed E-state index contributed by atoms with van der Waals surface area (Å²) in [6.07, 6.45) is 0.111. The lowest BCUT2D eigenvalue weighted by atomic mass is 10.0. The van der Waals surface area contributed by atoms with E-state index in [1.807, 2.05) is 42.1 Å². The molecule has 1 aromatic heterocycles. The number of hydrogen-bond acceptors (Lipinski definition) is 7. The third-order valence-electron chi connectivity index (χ3n) is 4.43. The van der Waals surface area contributed by atoms with Crippen molar-refractivity contribution in [2.24, 2.45) is 0 Å². The number of hydrogen-bond donors (Lipinski definition) is 3. The maximum atomic E-state index is 11.8. The smallest absolute Gasteiger partial charge is 0.343 e. The lowest BCUT2D eigenvalue weighted by Gasteiger charge is -2.39. The van der Waals surface area contributed by atoms with Gasteiger partial charge in [0.15, 0.2) is 17.1 Å². The molecule has 2 heterocycles. The molecule has 27 heavy (non-hydrogen) atoms. The fourth-order valence-corrected chi connectivity index (χ4v) is 3.10. The van der Waals surface area contributed by atoms with E-state index < -0.39 is 12.1 Å². The molecule has 1 aliphatic rings. The van der Waals surface area contributed by atoms with Gasteiger partial charge in [0.25, 0.3) is 6.47 Å². The number of likely N-dealkylation sites (N-methyl/N-ethyl adjacent to an activating group) is 1. The van der Waals surface area contributed by atoms with Crippen LogP contribution in [0.5, 0.6) is 0 Å². The van der Waals surface area contributed by atoms with Gasteiger partial charge < -0.3 is 29.6 Å².